The number of nitrogens with one attached hydrogen (secondary N) is 1. The second-order valence-electron chi connectivity index (χ2n) is 3.12. The maximum Gasteiger partial charge on any atom is 0.134 e. The van der Waals surface area contributed by atoms with Crippen molar-refractivity contribution in [2.75, 3.05) is 5.73 Å². The molecule has 3 N–H and O–H groups in total. The van der Waals surface area contributed by atoms with Crippen LogP contribution in [0.15, 0.2) is 12.1 Å². The van der Waals surface area contributed by atoms with Crippen molar-refractivity contribution in [1.29, 1.82) is 5.26 Å². The molecule has 3 nitrogen and oxygen atoms in total. The number of fused-ring (bicyclic) bond motifs is 1. The van der Waals surface area contributed by atoms with Crippen molar-refractivity contribution in [2.24, 2.45) is 0 Å². The normalized spacial score (nSPS) is 10.4. The van der Waals surface area contributed by atoms with Gasteiger partial charge in [-0.15, -0.1) is 0 Å². The lowest BCUT2D eigenvalue weighted by molar-refractivity contribution is 0.640. The summed E-state index contributed by atoms with van der Waals surface area (Å²) in [6, 6.07) is 4.71. The predicted molar refractivity (Wildman–Crippen MR) is 52.1 cm³/mol. The number of aromatic amines is 1. The average Bonchev–Trinajstić information content (AvgIpc) is 2.50. The van der Waals surface area contributed by atoms with E-state index in [-0.39, 0.29) is 5.39 Å². The molecule has 2 rings (SSSR count). The van der Waals surface area contributed by atoms with Crippen LogP contribution in [0.3, 0.4) is 0 Å². The summed E-state index contributed by atoms with van der Waals surface area (Å²) < 4.78 is 13.4. The number of H-pyrrole nitrogens is 1. The zero-order valence-corrected chi connectivity index (χ0v) is 7.56. The van der Waals surface area contributed by atoms with Gasteiger partial charge in [-0.1, -0.05) is 0 Å². The van der Waals surface area contributed by atoms with E-state index in [0.29, 0.717) is 22.5 Å². The van der Waals surface area contributed by atoms with Gasteiger partial charge in [0.25, 0.3) is 0 Å². The molecule has 0 amide bonds. The molecule has 1 aromatic heterocycles. The first kappa shape index (κ1) is 8.57. The smallest absolute Gasteiger partial charge is 0.134 e. The third-order valence-corrected chi connectivity index (χ3v) is 2.24. The minimum atomic E-state index is -0.421. The Hall–Kier alpha value is -2.02. The van der Waals surface area contributed by atoms with Crippen LogP contribution in [0.5, 0.6) is 0 Å². The van der Waals surface area contributed by atoms with Crippen LogP contribution >= 0.6 is 0 Å². The summed E-state index contributed by atoms with van der Waals surface area (Å²) in [5.74, 6) is -0.421. The molecule has 0 unspecified atom stereocenters. The quantitative estimate of drug-likeness (QED) is 0.623. The fraction of sp³-hybridized carbons (Fsp3) is 0.100. The van der Waals surface area contributed by atoms with E-state index in [1.807, 2.05) is 6.07 Å². The van der Waals surface area contributed by atoms with E-state index in [0.717, 1.165) is 0 Å². The molecular weight excluding hydrogens is 181 g/mol. The lowest BCUT2D eigenvalue weighted by Crippen LogP contribution is -1.88. The standard InChI is InChI=1S/C10H8FN3/c1-5-6(4-12)9-7(11)2-3-8(13)10(9)14-5/h2-3,14H,13H2,1H3. The Bertz CT molecular complexity index is 548. The number of nitrogens with two attached hydrogens (primary N) is 1. The van der Waals surface area contributed by atoms with Gasteiger partial charge in [0.1, 0.15) is 11.9 Å². The van der Waals surface area contributed by atoms with E-state index in [2.05, 4.69) is 4.98 Å². The number of nitrogens with zero attached hydrogens (tertiary/aromatic N) is 1. The van der Waals surface area contributed by atoms with Gasteiger partial charge in [0.15, 0.2) is 0 Å². The summed E-state index contributed by atoms with van der Waals surface area (Å²) in [5.41, 5.74) is 7.57. The molecule has 0 saturated heterocycles. The third kappa shape index (κ3) is 0.958. The van der Waals surface area contributed by atoms with Gasteiger partial charge in [0, 0.05) is 5.69 Å². The summed E-state index contributed by atoms with van der Waals surface area (Å²) >= 11 is 0. The Balaban J connectivity index is 3.03. The second kappa shape index (κ2) is 2.74. The number of nitrogen functional groups attached to an aromatic ring is 1. The van der Waals surface area contributed by atoms with Crippen LogP contribution in [0.2, 0.25) is 0 Å². The SMILES string of the molecule is Cc1[nH]c2c(N)ccc(F)c2c1C#N. The highest BCUT2D eigenvalue weighted by Gasteiger charge is 2.13. The van der Waals surface area contributed by atoms with Gasteiger partial charge in [0.2, 0.25) is 0 Å². The third-order valence-electron chi connectivity index (χ3n) is 2.24. The minimum absolute atomic E-state index is 0.282. The number of rotatable bonds is 0. The van der Waals surface area contributed by atoms with Crippen LogP contribution in [-0.2, 0) is 0 Å². The molecule has 70 valence electrons. The number of hydrogen-bond donors (Lipinski definition) is 2. The van der Waals surface area contributed by atoms with Crippen LogP contribution in [0.4, 0.5) is 10.1 Å². The fourth-order valence-corrected chi connectivity index (χ4v) is 1.55. The minimum Gasteiger partial charge on any atom is -0.397 e. The number of halogens is 1. The van der Waals surface area contributed by atoms with Crippen molar-refractivity contribution in [1.82, 2.24) is 4.98 Å². The van der Waals surface area contributed by atoms with Crippen molar-refractivity contribution in [2.45, 2.75) is 6.92 Å². The maximum absolute atomic E-state index is 13.4. The van der Waals surface area contributed by atoms with Gasteiger partial charge in [0.05, 0.1) is 22.2 Å². The number of anilines is 1. The number of hydrogen-bond acceptors (Lipinski definition) is 2. The Morgan fingerprint density at radius 2 is 2.21 bits per heavy atom. The van der Waals surface area contributed by atoms with Crippen LogP contribution in [0, 0.1) is 24.1 Å². The topological polar surface area (TPSA) is 65.6 Å². The van der Waals surface area contributed by atoms with E-state index in [1.165, 1.54) is 12.1 Å². The number of benzene rings is 1. The van der Waals surface area contributed by atoms with E-state index in [1.54, 1.807) is 6.92 Å². The van der Waals surface area contributed by atoms with Gasteiger partial charge in [-0.25, -0.2) is 4.39 Å². The van der Waals surface area contributed by atoms with Crippen molar-refractivity contribution in [3.63, 3.8) is 0 Å². The summed E-state index contributed by atoms with van der Waals surface area (Å²) in [7, 11) is 0. The number of aromatic nitrogens is 1. The van der Waals surface area contributed by atoms with E-state index in [9.17, 15) is 4.39 Å². The molecule has 0 aliphatic carbocycles. The molecule has 0 aliphatic rings. The van der Waals surface area contributed by atoms with Crippen molar-refractivity contribution in [3.8, 4) is 6.07 Å². The predicted octanol–water partition coefficient (Wildman–Crippen LogP) is 2.07. The van der Waals surface area contributed by atoms with Gasteiger partial charge in [-0.2, -0.15) is 5.26 Å². The molecule has 4 heteroatoms. The van der Waals surface area contributed by atoms with E-state index >= 15 is 0 Å². The van der Waals surface area contributed by atoms with Gasteiger partial charge < -0.3 is 10.7 Å². The molecule has 0 atom stereocenters. The molecule has 0 saturated carbocycles. The summed E-state index contributed by atoms with van der Waals surface area (Å²) in [5, 5.41) is 9.13. The van der Waals surface area contributed by atoms with Crippen LogP contribution in [0.25, 0.3) is 10.9 Å². The highest BCUT2D eigenvalue weighted by molar-refractivity contribution is 5.95. The first-order valence-electron chi connectivity index (χ1n) is 4.11. The summed E-state index contributed by atoms with van der Waals surface area (Å²) in [4.78, 5) is 2.90. The Morgan fingerprint density at radius 1 is 1.50 bits per heavy atom. The molecule has 1 heterocycles. The van der Waals surface area contributed by atoms with Crippen LogP contribution in [0.1, 0.15) is 11.3 Å². The number of nitriles is 1. The first-order chi connectivity index (χ1) is 6.65. The summed E-state index contributed by atoms with van der Waals surface area (Å²) in [6.07, 6.45) is 0. The fourth-order valence-electron chi connectivity index (χ4n) is 1.55. The maximum atomic E-state index is 13.4. The molecule has 2 aromatic rings. The first-order valence-corrected chi connectivity index (χ1v) is 4.11. The summed E-state index contributed by atoms with van der Waals surface area (Å²) in [6.45, 7) is 1.72. The second-order valence-corrected chi connectivity index (χ2v) is 3.12. The van der Waals surface area contributed by atoms with Crippen molar-refractivity contribution >= 4 is 16.6 Å². The molecular formula is C10H8FN3. The van der Waals surface area contributed by atoms with Crippen molar-refractivity contribution in [3.05, 3.63) is 29.2 Å². The Labute approximate surface area is 80.0 Å². The zero-order chi connectivity index (χ0) is 10.3. The van der Waals surface area contributed by atoms with Gasteiger partial charge in [-0.05, 0) is 19.1 Å². The Morgan fingerprint density at radius 3 is 2.86 bits per heavy atom. The van der Waals surface area contributed by atoms with E-state index in [4.69, 9.17) is 11.0 Å². The average molecular weight is 189 g/mol. The van der Waals surface area contributed by atoms with Gasteiger partial charge in [-0.3, -0.25) is 0 Å². The molecule has 0 aliphatic heterocycles. The largest absolute Gasteiger partial charge is 0.397 e. The van der Waals surface area contributed by atoms with Gasteiger partial charge >= 0.3 is 0 Å². The lowest BCUT2D eigenvalue weighted by atomic mass is 10.1. The zero-order valence-electron chi connectivity index (χ0n) is 7.56. The monoisotopic (exact) mass is 189 g/mol. The Kier molecular flexibility index (Phi) is 1.68. The molecule has 0 radical (unpaired) electrons. The molecule has 0 bridgehead atoms. The molecule has 0 fully saturated rings. The van der Waals surface area contributed by atoms with Crippen molar-refractivity contribution < 1.29 is 4.39 Å². The van der Waals surface area contributed by atoms with E-state index < -0.39 is 5.82 Å². The molecule has 1 aromatic carbocycles. The highest BCUT2D eigenvalue weighted by Crippen LogP contribution is 2.28. The highest BCUT2D eigenvalue weighted by atomic mass is 19.1. The molecule has 0 spiro atoms. The van der Waals surface area contributed by atoms with Crippen LogP contribution < -0.4 is 5.73 Å². The molecule has 14 heavy (non-hydrogen) atoms. The lowest BCUT2D eigenvalue weighted by Gasteiger charge is -1.96. The van der Waals surface area contributed by atoms with Crippen LogP contribution in [-0.4, -0.2) is 4.98 Å². The number of aryl methyl sites for hydroxylation is 1.